The Morgan fingerprint density at radius 1 is 1.33 bits per heavy atom. The average Bonchev–Trinajstić information content (AvgIpc) is 3.26. The number of halogens is 1. The maximum Gasteiger partial charge on any atom is 0.241 e. The van der Waals surface area contributed by atoms with Gasteiger partial charge < -0.3 is 9.63 Å². The van der Waals surface area contributed by atoms with Crippen molar-refractivity contribution in [2.45, 2.75) is 31.7 Å². The summed E-state index contributed by atoms with van der Waals surface area (Å²) in [6.45, 7) is 1.31. The van der Waals surface area contributed by atoms with Crippen LogP contribution in [0.25, 0.3) is 11.0 Å². The highest BCUT2D eigenvalue weighted by atomic mass is 19.1. The summed E-state index contributed by atoms with van der Waals surface area (Å²) in [6.07, 6.45) is 7.98. The number of aliphatic hydroxyl groups excluding tert-OH is 1. The second kappa shape index (κ2) is 7.05. The molecular formula is C22H22FN3O4. The number of rotatable bonds is 4. The molecule has 5 rings (SSSR count). The number of benzene rings is 1. The van der Waals surface area contributed by atoms with E-state index in [-0.39, 0.29) is 23.5 Å². The molecule has 1 aromatic heterocycles. The second-order valence-corrected chi connectivity index (χ2v) is 8.21. The third-order valence-electron chi connectivity index (χ3n) is 6.65. The van der Waals surface area contributed by atoms with E-state index >= 15 is 0 Å². The van der Waals surface area contributed by atoms with E-state index in [0.29, 0.717) is 18.5 Å². The standard InChI is InChI=1S/C22H22FN3O4/c23-13-7-8-14-17(12-13)30-25-19(14)16-5-1-2-10-26(16)11-9-22-15(4-3-6-18(22)27)20(28)24-21(22)29/h3-4,6-8,12,15-16,27H,1-2,5,9-11H2,(H,24,28,29). The summed E-state index contributed by atoms with van der Waals surface area (Å²) in [7, 11) is 0. The number of hydrogen-bond donors (Lipinski definition) is 2. The molecule has 1 aliphatic carbocycles. The van der Waals surface area contributed by atoms with Crippen LogP contribution >= 0.6 is 0 Å². The number of carbonyl (C=O) groups is 2. The van der Waals surface area contributed by atoms with Gasteiger partial charge in [-0.3, -0.25) is 19.8 Å². The Labute approximate surface area is 172 Å². The number of carbonyl (C=O) groups excluding carboxylic acids is 2. The Balaban J connectivity index is 1.43. The number of aromatic nitrogens is 1. The molecule has 2 amide bonds. The van der Waals surface area contributed by atoms with Crippen molar-refractivity contribution in [3.8, 4) is 0 Å². The third kappa shape index (κ3) is 2.78. The van der Waals surface area contributed by atoms with Crippen molar-refractivity contribution >= 4 is 22.8 Å². The normalized spacial score (nSPS) is 29.2. The van der Waals surface area contributed by atoms with E-state index in [1.54, 1.807) is 18.2 Å². The zero-order chi connectivity index (χ0) is 20.9. The number of piperidine rings is 1. The summed E-state index contributed by atoms with van der Waals surface area (Å²) in [5.41, 5.74) is -0.0926. The molecule has 2 fully saturated rings. The summed E-state index contributed by atoms with van der Waals surface area (Å²) in [6, 6.07) is 4.37. The first-order chi connectivity index (χ1) is 14.5. The minimum atomic E-state index is -1.26. The fourth-order valence-corrected chi connectivity index (χ4v) is 5.06. The Bertz CT molecular complexity index is 1090. The lowest BCUT2D eigenvalue weighted by atomic mass is 9.70. The summed E-state index contributed by atoms with van der Waals surface area (Å²) < 4.78 is 18.9. The topological polar surface area (TPSA) is 95.7 Å². The molecule has 3 heterocycles. The van der Waals surface area contributed by atoms with Crippen LogP contribution in [-0.4, -0.2) is 40.1 Å². The Morgan fingerprint density at radius 2 is 2.20 bits per heavy atom. The van der Waals surface area contributed by atoms with Crippen LogP contribution in [0.4, 0.5) is 4.39 Å². The first-order valence-electron chi connectivity index (χ1n) is 10.2. The van der Waals surface area contributed by atoms with E-state index in [4.69, 9.17) is 4.52 Å². The number of aliphatic hydroxyl groups is 1. The number of amides is 2. The van der Waals surface area contributed by atoms with E-state index in [1.165, 1.54) is 18.2 Å². The van der Waals surface area contributed by atoms with Gasteiger partial charge in [0.15, 0.2) is 5.58 Å². The monoisotopic (exact) mass is 411 g/mol. The van der Waals surface area contributed by atoms with Crippen molar-refractivity contribution in [3.63, 3.8) is 0 Å². The van der Waals surface area contributed by atoms with Gasteiger partial charge in [-0.2, -0.15) is 0 Å². The Kier molecular flexibility index (Phi) is 4.47. The van der Waals surface area contributed by atoms with Crippen molar-refractivity contribution in [2.24, 2.45) is 11.3 Å². The van der Waals surface area contributed by atoms with Crippen LogP contribution in [0, 0.1) is 17.2 Å². The molecule has 1 aromatic carbocycles. The Hall–Kier alpha value is -3.00. The maximum absolute atomic E-state index is 13.5. The largest absolute Gasteiger partial charge is 0.511 e. The molecule has 3 aliphatic rings. The lowest BCUT2D eigenvalue weighted by Crippen LogP contribution is -2.43. The molecule has 0 saturated carbocycles. The summed E-state index contributed by atoms with van der Waals surface area (Å²) in [5, 5.41) is 18.0. The van der Waals surface area contributed by atoms with Gasteiger partial charge >= 0.3 is 0 Å². The zero-order valence-electron chi connectivity index (χ0n) is 16.3. The highest BCUT2D eigenvalue weighted by molar-refractivity contribution is 6.10. The highest BCUT2D eigenvalue weighted by Gasteiger charge is 2.57. The van der Waals surface area contributed by atoms with Crippen molar-refractivity contribution in [3.05, 3.63) is 53.7 Å². The number of nitrogens with zero attached hydrogens (tertiary/aromatic N) is 2. The van der Waals surface area contributed by atoms with Crippen LogP contribution < -0.4 is 5.32 Å². The van der Waals surface area contributed by atoms with Gasteiger partial charge in [-0.05, 0) is 44.0 Å². The predicted molar refractivity (Wildman–Crippen MR) is 106 cm³/mol. The van der Waals surface area contributed by atoms with E-state index in [9.17, 15) is 19.1 Å². The quantitative estimate of drug-likeness (QED) is 0.751. The lowest BCUT2D eigenvalue weighted by molar-refractivity contribution is -0.129. The number of fused-ring (bicyclic) bond motifs is 2. The molecule has 7 nitrogen and oxygen atoms in total. The average molecular weight is 411 g/mol. The van der Waals surface area contributed by atoms with Gasteiger partial charge in [-0.1, -0.05) is 23.7 Å². The van der Waals surface area contributed by atoms with Crippen LogP contribution in [0.5, 0.6) is 0 Å². The molecular weight excluding hydrogens is 389 g/mol. The molecule has 2 saturated heterocycles. The molecule has 30 heavy (non-hydrogen) atoms. The number of likely N-dealkylation sites (tertiary alicyclic amines) is 1. The molecule has 2 N–H and O–H groups in total. The first kappa shape index (κ1) is 19.0. The molecule has 0 bridgehead atoms. The second-order valence-electron chi connectivity index (χ2n) is 8.21. The SMILES string of the molecule is O=C1NC(=O)C2(CCN3CCCCC3c3noc4cc(F)ccc34)C(O)=CC=CC12. The van der Waals surface area contributed by atoms with Gasteiger partial charge in [-0.15, -0.1) is 0 Å². The predicted octanol–water partition coefficient (Wildman–Crippen LogP) is 3.15. The molecule has 3 atom stereocenters. The third-order valence-corrected chi connectivity index (χ3v) is 6.65. The van der Waals surface area contributed by atoms with Crippen LogP contribution in [0.2, 0.25) is 0 Å². The minimum Gasteiger partial charge on any atom is -0.511 e. The Morgan fingerprint density at radius 3 is 3.07 bits per heavy atom. The summed E-state index contributed by atoms with van der Waals surface area (Å²) in [4.78, 5) is 27.2. The number of allylic oxidation sites excluding steroid dienone is 2. The van der Waals surface area contributed by atoms with Gasteiger partial charge in [0, 0.05) is 18.0 Å². The highest BCUT2D eigenvalue weighted by Crippen LogP contribution is 2.46. The van der Waals surface area contributed by atoms with Gasteiger partial charge in [-0.25, -0.2) is 4.39 Å². The van der Waals surface area contributed by atoms with Crippen LogP contribution in [0.1, 0.15) is 37.4 Å². The van der Waals surface area contributed by atoms with Gasteiger partial charge in [0.05, 0.1) is 12.0 Å². The molecule has 0 radical (unpaired) electrons. The molecule has 3 unspecified atom stereocenters. The number of nitrogens with one attached hydrogen (secondary N) is 1. The van der Waals surface area contributed by atoms with Gasteiger partial charge in [0.25, 0.3) is 0 Å². The van der Waals surface area contributed by atoms with Crippen molar-refractivity contribution in [2.75, 3.05) is 13.1 Å². The van der Waals surface area contributed by atoms with Crippen LogP contribution in [-0.2, 0) is 9.59 Å². The smallest absolute Gasteiger partial charge is 0.241 e. The maximum atomic E-state index is 13.5. The molecule has 2 aromatic rings. The summed E-state index contributed by atoms with van der Waals surface area (Å²) >= 11 is 0. The first-order valence-corrected chi connectivity index (χ1v) is 10.2. The number of imide groups is 1. The van der Waals surface area contributed by atoms with Gasteiger partial charge in [0.1, 0.15) is 22.7 Å². The lowest BCUT2D eigenvalue weighted by Gasteiger charge is -2.38. The van der Waals surface area contributed by atoms with Crippen molar-refractivity contribution in [1.82, 2.24) is 15.4 Å². The number of hydrogen-bond acceptors (Lipinski definition) is 6. The van der Waals surface area contributed by atoms with Gasteiger partial charge in [0.2, 0.25) is 11.8 Å². The molecule has 156 valence electrons. The van der Waals surface area contributed by atoms with E-state index < -0.39 is 17.2 Å². The van der Waals surface area contributed by atoms with Crippen LogP contribution in [0.3, 0.4) is 0 Å². The summed E-state index contributed by atoms with van der Waals surface area (Å²) in [5.74, 6) is -1.98. The molecule has 8 heteroatoms. The fraction of sp³-hybridized carbons (Fsp3) is 0.409. The zero-order valence-corrected chi connectivity index (χ0v) is 16.3. The van der Waals surface area contributed by atoms with Crippen molar-refractivity contribution < 1.29 is 23.6 Å². The molecule has 2 aliphatic heterocycles. The fourth-order valence-electron chi connectivity index (χ4n) is 5.06. The van der Waals surface area contributed by atoms with Crippen molar-refractivity contribution in [1.29, 1.82) is 0 Å². The van der Waals surface area contributed by atoms with E-state index in [2.05, 4.69) is 15.4 Å². The van der Waals surface area contributed by atoms with E-state index in [1.807, 2.05) is 0 Å². The minimum absolute atomic E-state index is 0.0364. The van der Waals surface area contributed by atoms with E-state index in [0.717, 1.165) is 36.9 Å². The van der Waals surface area contributed by atoms with Crippen LogP contribution in [0.15, 0.2) is 46.7 Å². The molecule has 0 spiro atoms.